The smallest absolute Gasteiger partial charge is 0.311 e. The molecule has 1 unspecified atom stereocenters. The number of aliphatic hydroxyl groups is 1. The molecule has 4 aliphatic heterocycles. The van der Waals surface area contributed by atoms with Gasteiger partial charge in [0.05, 0.1) is 36.9 Å². The van der Waals surface area contributed by atoms with Gasteiger partial charge in [-0.3, -0.25) is 14.4 Å². The molecule has 0 saturated carbocycles. The molecule has 0 bridgehead atoms. The Morgan fingerprint density at radius 1 is 1.11 bits per heavy atom. The fraction of sp³-hybridized carbons (Fsp3) is 0.500. The molecule has 186 valence electrons. The van der Waals surface area contributed by atoms with Crippen LogP contribution in [0.5, 0.6) is 5.75 Å². The third kappa shape index (κ3) is 3.67. The predicted octanol–water partition coefficient (Wildman–Crippen LogP) is 2.17. The van der Waals surface area contributed by atoms with Gasteiger partial charge in [0, 0.05) is 23.5 Å². The van der Waals surface area contributed by atoms with Gasteiger partial charge >= 0.3 is 5.97 Å². The van der Waals surface area contributed by atoms with E-state index in [0.717, 1.165) is 12.8 Å². The lowest BCUT2D eigenvalue weighted by molar-refractivity contribution is -0.154. The van der Waals surface area contributed by atoms with Crippen molar-refractivity contribution in [3.63, 3.8) is 0 Å². The summed E-state index contributed by atoms with van der Waals surface area (Å²) in [6.07, 6.45) is 9.45. The number of hydrogen-bond donors (Lipinski definition) is 1. The van der Waals surface area contributed by atoms with E-state index in [1.165, 1.54) is 16.7 Å². The second-order valence-electron chi connectivity index (χ2n) is 9.51. The molecule has 5 rings (SSSR count). The fourth-order valence-corrected chi connectivity index (χ4v) is 8.13. The minimum absolute atomic E-state index is 0.0205. The zero-order valence-corrected chi connectivity index (χ0v) is 20.7. The third-order valence-electron chi connectivity index (χ3n) is 7.48. The first-order valence-corrected chi connectivity index (χ1v) is 12.8. The Morgan fingerprint density at radius 2 is 1.89 bits per heavy atom. The van der Waals surface area contributed by atoms with E-state index in [9.17, 15) is 19.5 Å². The normalized spacial score (nSPS) is 35.3. The van der Waals surface area contributed by atoms with Gasteiger partial charge in [-0.15, -0.1) is 11.8 Å². The van der Waals surface area contributed by atoms with Crippen molar-refractivity contribution < 1.29 is 29.0 Å². The van der Waals surface area contributed by atoms with Crippen LogP contribution in [0.1, 0.15) is 19.8 Å². The average molecular weight is 499 g/mol. The summed E-state index contributed by atoms with van der Waals surface area (Å²) in [4.78, 5) is 44.5. The van der Waals surface area contributed by atoms with E-state index in [2.05, 4.69) is 6.08 Å². The maximum Gasteiger partial charge on any atom is 0.311 e. The average Bonchev–Trinajstić information content (AvgIpc) is 3.19. The third-order valence-corrected chi connectivity index (χ3v) is 9.27. The second kappa shape index (κ2) is 9.02. The largest absolute Gasteiger partial charge is 0.497 e. The molecule has 5 atom stereocenters. The molecule has 0 aliphatic carbocycles. The summed E-state index contributed by atoms with van der Waals surface area (Å²) < 4.78 is 9.19. The molecule has 2 fully saturated rings. The molecule has 1 spiro atoms. The number of allylic oxidation sites excluding steroid dienone is 1. The Labute approximate surface area is 208 Å². The molecule has 8 nitrogen and oxygen atoms in total. The van der Waals surface area contributed by atoms with Crippen LogP contribution >= 0.6 is 11.8 Å². The summed E-state index contributed by atoms with van der Waals surface area (Å²) in [7, 11) is 1.58. The lowest BCUT2D eigenvalue weighted by Gasteiger charge is -2.36. The van der Waals surface area contributed by atoms with Gasteiger partial charge in [0.1, 0.15) is 11.8 Å². The van der Waals surface area contributed by atoms with E-state index >= 15 is 0 Å². The minimum Gasteiger partial charge on any atom is -0.497 e. The molecule has 9 heteroatoms. The van der Waals surface area contributed by atoms with E-state index in [4.69, 9.17) is 9.47 Å². The van der Waals surface area contributed by atoms with Crippen LogP contribution in [0, 0.1) is 11.8 Å². The maximum atomic E-state index is 14.2. The van der Waals surface area contributed by atoms with E-state index in [0.29, 0.717) is 24.6 Å². The lowest BCUT2D eigenvalue weighted by Crippen LogP contribution is -2.54. The van der Waals surface area contributed by atoms with Crippen molar-refractivity contribution in [3.05, 3.63) is 48.6 Å². The Morgan fingerprint density at radius 3 is 2.60 bits per heavy atom. The Balaban J connectivity index is 1.62. The van der Waals surface area contributed by atoms with Crippen LogP contribution in [-0.2, 0) is 19.1 Å². The number of β-amino-alcohol motifs (C(OH)–C–C–N with tert-alkyl or cyclic N) is 1. The lowest BCUT2D eigenvalue weighted by atomic mass is 9.74. The van der Waals surface area contributed by atoms with E-state index in [1.807, 2.05) is 37.3 Å². The predicted molar refractivity (Wildman–Crippen MR) is 132 cm³/mol. The summed E-state index contributed by atoms with van der Waals surface area (Å²) in [5.74, 6) is -1.74. The Kier molecular flexibility index (Phi) is 6.17. The number of hydrogen-bond acceptors (Lipinski definition) is 7. The van der Waals surface area contributed by atoms with Gasteiger partial charge in [0.2, 0.25) is 5.91 Å². The first-order chi connectivity index (χ1) is 16.9. The number of cyclic esters (lactones) is 1. The number of esters is 1. The highest BCUT2D eigenvalue weighted by Crippen LogP contribution is 2.65. The van der Waals surface area contributed by atoms with E-state index in [-0.39, 0.29) is 25.0 Å². The van der Waals surface area contributed by atoms with Crippen molar-refractivity contribution >= 4 is 35.2 Å². The first-order valence-electron chi connectivity index (χ1n) is 12.0. The van der Waals surface area contributed by atoms with Crippen LogP contribution in [0.15, 0.2) is 48.6 Å². The summed E-state index contributed by atoms with van der Waals surface area (Å²) in [5, 5.41) is 9.79. The molecule has 2 amide bonds. The molecule has 1 N–H and O–H groups in total. The van der Waals surface area contributed by atoms with Crippen LogP contribution in [0.2, 0.25) is 0 Å². The number of thioether (sulfide) groups is 1. The van der Waals surface area contributed by atoms with Gasteiger partial charge in [-0.2, -0.15) is 0 Å². The molecule has 0 aromatic heterocycles. The number of nitrogens with zero attached hydrogens (tertiary/aromatic N) is 2. The van der Waals surface area contributed by atoms with Crippen LogP contribution in [0.4, 0.5) is 5.69 Å². The molecule has 35 heavy (non-hydrogen) atoms. The van der Waals surface area contributed by atoms with Gasteiger partial charge < -0.3 is 24.4 Å². The number of likely N-dealkylation sites (tertiary alicyclic amines) is 1. The minimum atomic E-state index is -0.952. The Bertz CT molecular complexity index is 1090. The second-order valence-corrected chi connectivity index (χ2v) is 11.3. The van der Waals surface area contributed by atoms with Crippen molar-refractivity contribution in [1.82, 2.24) is 4.90 Å². The summed E-state index contributed by atoms with van der Waals surface area (Å²) in [5.41, 5.74) is 0.688. The number of amides is 2. The van der Waals surface area contributed by atoms with Gasteiger partial charge in [-0.1, -0.05) is 24.3 Å². The number of aliphatic hydroxyl groups excluding tert-OH is 1. The number of fused-ring (bicyclic) bond motifs is 2. The number of anilines is 1. The maximum absolute atomic E-state index is 14.2. The number of ether oxygens (including phenoxy) is 2. The van der Waals surface area contributed by atoms with Crippen molar-refractivity contribution in [3.8, 4) is 5.75 Å². The molecule has 2 saturated heterocycles. The van der Waals surface area contributed by atoms with Crippen LogP contribution in [0.25, 0.3) is 0 Å². The van der Waals surface area contributed by atoms with Gasteiger partial charge in [0.15, 0.2) is 0 Å². The van der Waals surface area contributed by atoms with Gasteiger partial charge in [0.25, 0.3) is 5.91 Å². The zero-order chi connectivity index (χ0) is 24.8. The van der Waals surface area contributed by atoms with Crippen molar-refractivity contribution in [2.24, 2.45) is 11.8 Å². The standard InChI is InChI=1S/C26H30N2O6S/c1-25-11-4-3-5-16-34-24(32)20(25)19-22(30)28(14-15-29)21-23(31)27(13-6-12-26(19,21)35-25)17-7-9-18(33-2)10-8-17/h4,6-12,19-21,29H,3,5,13-16H2,1-2H3/b11-4-/t19-,20-,21?,25+,26-/m0/s1. The van der Waals surface area contributed by atoms with Crippen molar-refractivity contribution in [1.29, 1.82) is 0 Å². The summed E-state index contributed by atoms with van der Waals surface area (Å²) in [6, 6.07) is 6.35. The first kappa shape index (κ1) is 23.9. The molecular weight excluding hydrogens is 468 g/mol. The molecule has 4 aliphatic rings. The highest BCUT2D eigenvalue weighted by atomic mass is 32.2. The van der Waals surface area contributed by atoms with E-state index < -0.39 is 33.3 Å². The zero-order valence-electron chi connectivity index (χ0n) is 19.9. The van der Waals surface area contributed by atoms with Crippen LogP contribution < -0.4 is 9.64 Å². The quantitative estimate of drug-likeness (QED) is 0.502. The number of carbonyl (C=O) groups excluding carboxylic acids is 3. The van der Waals surface area contributed by atoms with Gasteiger partial charge in [-0.05, 0) is 44.0 Å². The van der Waals surface area contributed by atoms with Crippen molar-refractivity contribution in [2.45, 2.75) is 35.3 Å². The monoisotopic (exact) mass is 498 g/mol. The van der Waals surface area contributed by atoms with Crippen LogP contribution in [-0.4, -0.2) is 76.7 Å². The molecule has 1 aromatic carbocycles. The highest BCUT2D eigenvalue weighted by molar-refractivity contribution is 8.02. The summed E-state index contributed by atoms with van der Waals surface area (Å²) in [6.45, 7) is 2.34. The van der Waals surface area contributed by atoms with Crippen molar-refractivity contribution in [2.75, 3.05) is 38.3 Å². The molecular formula is C26H30N2O6S. The highest BCUT2D eigenvalue weighted by Gasteiger charge is 2.73. The molecule has 0 radical (unpaired) electrons. The molecule has 4 heterocycles. The summed E-state index contributed by atoms with van der Waals surface area (Å²) >= 11 is 1.50. The topological polar surface area (TPSA) is 96.4 Å². The SMILES string of the molecule is COc1ccc(N2CC=C[C@]34S[C@]5(C)/C=C\CCCOC(=O)[C@@H]5[C@H]3C(=O)N(CCO)C4C2=O)cc1. The number of benzene rings is 1. The number of rotatable bonds is 4. The van der Waals surface area contributed by atoms with Gasteiger partial charge in [-0.25, -0.2) is 0 Å². The van der Waals surface area contributed by atoms with Crippen LogP contribution in [0.3, 0.4) is 0 Å². The number of methoxy groups -OCH3 is 1. The van der Waals surface area contributed by atoms with E-state index in [1.54, 1.807) is 24.1 Å². The number of carbonyl (C=O) groups is 3. The Hall–Kier alpha value is -2.78. The molecule has 1 aromatic rings. The fourth-order valence-electron chi connectivity index (χ4n) is 5.98.